The van der Waals surface area contributed by atoms with Crippen LogP contribution in [-0.2, 0) is 15.1 Å². The Morgan fingerprint density at radius 3 is 2.58 bits per heavy atom. The summed E-state index contributed by atoms with van der Waals surface area (Å²) in [7, 11) is 0. The second kappa shape index (κ2) is 8.69. The van der Waals surface area contributed by atoms with E-state index in [0.717, 1.165) is 6.07 Å². The fourth-order valence-corrected chi connectivity index (χ4v) is 4.17. The first kappa shape index (κ1) is 24.4. The van der Waals surface area contributed by atoms with Gasteiger partial charge in [0.2, 0.25) is 11.8 Å². The fraction of sp³-hybridized carbons (Fsp3) is 0.455. The average Bonchev–Trinajstić information content (AvgIpc) is 3.27. The van der Waals surface area contributed by atoms with E-state index in [0.29, 0.717) is 17.3 Å². The number of benzene rings is 1. The van der Waals surface area contributed by atoms with Gasteiger partial charge in [0.05, 0.1) is 12.1 Å². The molecule has 5 rings (SSSR count). The fourth-order valence-electron chi connectivity index (χ4n) is 4.17. The molecule has 1 saturated carbocycles. The van der Waals surface area contributed by atoms with Gasteiger partial charge in [0.1, 0.15) is 23.7 Å². The maximum absolute atomic E-state index is 14.9. The second-order valence-electron chi connectivity index (χ2n) is 8.69. The van der Waals surface area contributed by atoms with E-state index in [2.05, 4.69) is 25.2 Å². The predicted molar refractivity (Wildman–Crippen MR) is 108 cm³/mol. The maximum atomic E-state index is 14.9. The average molecular weight is 516 g/mol. The molecule has 14 heteroatoms. The predicted octanol–water partition coefficient (Wildman–Crippen LogP) is 4.57. The Kier molecular flexibility index (Phi) is 5.90. The molecule has 3 heterocycles. The number of halogens is 6. The smallest absolute Gasteiger partial charge is 0.419 e. The van der Waals surface area contributed by atoms with Gasteiger partial charge in [-0.15, -0.1) is 23.4 Å². The molecule has 0 bridgehead atoms. The van der Waals surface area contributed by atoms with Crippen LogP contribution in [0.3, 0.4) is 0 Å². The van der Waals surface area contributed by atoms with Crippen molar-refractivity contribution < 1.29 is 45.0 Å². The summed E-state index contributed by atoms with van der Waals surface area (Å²) in [6.45, 7) is -0.635. The van der Waals surface area contributed by atoms with Crippen LogP contribution in [0.1, 0.15) is 54.1 Å². The van der Waals surface area contributed by atoms with Crippen molar-refractivity contribution >= 4 is 16.8 Å². The van der Waals surface area contributed by atoms with Crippen LogP contribution < -0.4 is 5.32 Å². The SMILES string of the molecule is O=C(N[C@H]1CO[C@H](c2nnc(C3(OC(F)(F)F)CCC3)o2)CC1(F)F)c1ccc2cc(F)ccc2n1. The number of rotatable bonds is 5. The van der Waals surface area contributed by atoms with Gasteiger partial charge in [0, 0.05) is 11.8 Å². The number of fused-ring (bicyclic) bond motifs is 1. The lowest BCUT2D eigenvalue weighted by Gasteiger charge is -2.38. The van der Waals surface area contributed by atoms with E-state index in [1.54, 1.807) is 0 Å². The third-order valence-corrected chi connectivity index (χ3v) is 6.20. The van der Waals surface area contributed by atoms with Crippen LogP contribution in [0.2, 0.25) is 0 Å². The highest BCUT2D eigenvalue weighted by Gasteiger charge is 2.54. The van der Waals surface area contributed by atoms with Crippen molar-refractivity contribution in [1.29, 1.82) is 0 Å². The van der Waals surface area contributed by atoms with Gasteiger partial charge in [0.25, 0.3) is 11.8 Å². The number of nitrogens with zero attached hydrogens (tertiary/aromatic N) is 3. The van der Waals surface area contributed by atoms with Crippen molar-refractivity contribution in [3.05, 3.63) is 53.6 Å². The van der Waals surface area contributed by atoms with Crippen molar-refractivity contribution in [3.63, 3.8) is 0 Å². The summed E-state index contributed by atoms with van der Waals surface area (Å²) in [5.41, 5.74) is -1.68. The summed E-state index contributed by atoms with van der Waals surface area (Å²) in [4.78, 5) is 16.6. The summed E-state index contributed by atoms with van der Waals surface area (Å²) in [5, 5.41) is 9.81. The van der Waals surface area contributed by atoms with Crippen molar-refractivity contribution in [3.8, 4) is 0 Å². The van der Waals surface area contributed by atoms with Crippen LogP contribution in [0.4, 0.5) is 26.3 Å². The second-order valence-corrected chi connectivity index (χ2v) is 8.69. The Balaban J connectivity index is 1.26. The van der Waals surface area contributed by atoms with Gasteiger partial charge >= 0.3 is 6.36 Å². The van der Waals surface area contributed by atoms with Gasteiger partial charge in [-0.25, -0.2) is 18.2 Å². The first-order chi connectivity index (χ1) is 16.9. The maximum Gasteiger partial charge on any atom is 0.523 e. The highest BCUT2D eigenvalue weighted by molar-refractivity contribution is 5.95. The molecule has 2 fully saturated rings. The quantitative estimate of drug-likeness (QED) is 0.496. The van der Waals surface area contributed by atoms with Crippen LogP contribution in [0.25, 0.3) is 10.9 Å². The van der Waals surface area contributed by atoms with Crippen molar-refractivity contribution in [2.45, 2.75) is 55.7 Å². The van der Waals surface area contributed by atoms with E-state index in [4.69, 9.17) is 9.15 Å². The zero-order valence-corrected chi connectivity index (χ0v) is 18.3. The molecule has 1 N–H and O–H groups in total. The molecule has 1 aromatic carbocycles. The summed E-state index contributed by atoms with van der Waals surface area (Å²) in [6, 6.07) is 4.73. The van der Waals surface area contributed by atoms with Crippen molar-refractivity contribution in [2.75, 3.05) is 6.61 Å². The molecular formula is C22H18F6N4O4. The number of carbonyl (C=O) groups is 1. The number of amides is 1. The highest BCUT2D eigenvalue weighted by atomic mass is 19.4. The lowest BCUT2D eigenvalue weighted by molar-refractivity contribution is -0.387. The van der Waals surface area contributed by atoms with Crippen LogP contribution in [0.15, 0.2) is 34.7 Å². The highest BCUT2D eigenvalue weighted by Crippen LogP contribution is 2.48. The van der Waals surface area contributed by atoms with Crippen LogP contribution >= 0.6 is 0 Å². The van der Waals surface area contributed by atoms with Gasteiger partial charge in [-0.2, -0.15) is 0 Å². The molecule has 192 valence electrons. The third kappa shape index (κ3) is 4.74. The summed E-state index contributed by atoms with van der Waals surface area (Å²) in [6.07, 6.45) is -6.88. The van der Waals surface area contributed by atoms with Crippen molar-refractivity contribution in [1.82, 2.24) is 20.5 Å². The lowest BCUT2D eigenvalue weighted by Crippen LogP contribution is -2.54. The molecule has 1 aliphatic heterocycles. The number of nitrogens with one attached hydrogen (secondary N) is 1. The number of carbonyl (C=O) groups excluding carboxylic acids is 1. The molecule has 2 aromatic heterocycles. The largest absolute Gasteiger partial charge is 0.523 e. The number of alkyl halides is 5. The molecule has 2 aliphatic rings. The van der Waals surface area contributed by atoms with Crippen LogP contribution in [0, 0.1) is 5.82 Å². The molecule has 2 atom stereocenters. The normalized spacial score (nSPS) is 23.3. The van der Waals surface area contributed by atoms with Gasteiger partial charge in [-0.3, -0.25) is 9.53 Å². The molecule has 0 spiro atoms. The molecule has 0 radical (unpaired) electrons. The van der Waals surface area contributed by atoms with Crippen LogP contribution in [-0.4, -0.2) is 46.0 Å². The zero-order valence-electron chi connectivity index (χ0n) is 18.3. The number of pyridine rings is 1. The van der Waals surface area contributed by atoms with E-state index < -0.39 is 66.6 Å². The first-order valence-electron chi connectivity index (χ1n) is 10.9. The zero-order chi connectivity index (χ0) is 25.7. The summed E-state index contributed by atoms with van der Waals surface area (Å²) < 4.78 is 96.3. The van der Waals surface area contributed by atoms with Crippen LogP contribution in [0.5, 0.6) is 0 Å². The van der Waals surface area contributed by atoms with E-state index in [-0.39, 0.29) is 18.5 Å². The monoisotopic (exact) mass is 516 g/mol. The number of hydrogen-bond acceptors (Lipinski definition) is 7. The first-order valence-corrected chi connectivity index (χ1v) is 10.9. The molecule has 1 amide bonds. The number of aromatic nitrogens is 3. The van der Waals surface area contributed by atoms with E-state index >= 15 is 0 Å². The molecular weight excluding hydrogens is 498 g/mol. The van der Waals surface area contributed by atoms with Gasteiger partial charge in [-0.1, -0.05) is 6.07 Å². The van der Waals surface area contributed by atoms with Crippen molar-refractivity contribution in [2.24, 2.45) is 0 Å². The molecule has 1 aliphatic carbocycles. The number of ether oxygens (including phenoxy) is 2. The third-order valence-electron chi connectivity index (χ3n) is 6.20. The van der Waals surface area contributed by atoms with Gasteiger partial charge < -0.3 is 14.5 Å². The Labute approximate surface area is 199 Å². The Hall–Kier alpha value is -3.26. The molecule has 1 saturated heterocycles. The van der Waals surface area contributed by atoms with E-state index in [1.165, 1.54) is 24.3 Å². The van der Waals surface area contributed by atoms with E-state index in [1.807, 2.05) is 0 Å². The molecule has 3 aromatic rings. The standard InChI is InChI=1S/C22H18F6N4O4/c23-12-3-5-13-11(8-12)2-4-14(29-13)17(33)30-16-10-34-15(9-21(16,24)25)18-31-32-19(35-18)20(6-1-7-20)36-22(26,27)28/h2-5,8,15-16H,1,6-7,9-10H2,(H,30,33)/t15-,16-/m0/s1. The lowest BCUT2D eigenvalue weighted by atomic mass is 9.80. The Morgan fingerprint density at radius 1 is 1.14 bits per heavy atom. The Morgan fingerprint density at radius 2 is 1.92 bits per heavy atom. The minimum Gasteiger partial charge on any atom is -0.419 e. The topological polar surface area (TPSA) is 99.4 Å². The van der Waals surface area contributed by atoms with Gasteiger partial charge in [0.15, 0.2) is 5.60 Å². The minimum absolute atomic E-state index is 0.0122. The summed E-state index contributed by atoms with van der Waals surface area (Å²) in [5.74, 6) is -5.71. The summed E-state index contributed by atoms with van der Waals surface area (Å²) >= 11 is 0. The molecule has 8 nitrogen and oxygen atoms in total. The van der Waals surface area contributed by atoms with E-state index in [9.17, 15) is 31.1 Å². The number of hydrogen-bond donors (Lipinski definition) is 1. The molecule has 36 heavy (non-hydrogen) atoms. The minimum atomic E-state index is -4.94. The Bertz CT molecular complexity index is 1290. The van der Waals surface area contributed by atoms with Gasteiger partial charge in [-0.05, 0) is 43.5 Å². The molecule has 0 unspecified atom stereocenters.